The van der Waals surface area contributed by atoms with Gasteiger partial charge in [0.2, 0.25) is 5.24 Å². The summed E-state index contributed by atoms with van der Waals surface area (Å²) in [6.07, 6.45) is 0.256. The van der Waals surface area contributed by atoms with Crippen LogP contribution in [0.3, 0.4) is 0 Å². The molecule has 0 atom stereocenters. The molecule has 114 valence electrons. The van der Waals surface area contributed by atoms with E-state index in [-0.39, 0.29) is 18.5 Å². The van der Waals surface area contributed by atoms with Crippen LogP contribution in [0.4, 0.5) is 5.69 Å². The van der Waals surface area contributed by atoms with E-state index in [0.717, 1.165) is 5.56 Å². The zero-order chi connectivity index (χ0) is 15.9. The fraction of sp³-hybridized carbons (Fsp3) is 0.188. The number of hydrogen-bond acceptors (Lipinski definition) is 4. The largest absolute Gasteiger partial charge is 0.489 e. The highest BCUT2D eigenvalue weighted by molar-refractivity contribution is 6.63. The van der Waals surface area contributed by atoms with E-state index in [1.807, 2.05) is 30.3 Å². The van der Waals surface area contributed by atoms with Gasteiger partial charge in [-0.25, -0.2) is 0 Å². The van der Waals surface area contributed by atoms with Crippen LogP contribution in [0.2, 0.25) is 0 Å². The summed E-state index contributed by atoms with van der Waals surface area (Å²) >= 11 is 5.30. The van der Waals surface area contributed by atoms with Gasteiger partial charge in [0.15, 0.2) is 0 Å². The van der Waals surface area contributed by atoms with Crippen LogP contribution in [-0.4, -0.2) is 10.2 Å². The van der Waals surface area contributed by atoms with Crippen molar-refractivity contribution < 1.29 is 14.5 Å². The third-order valence-corrected chi connectivity index (χ3v) is 3.28. The molecular weight excluding hydrogens is 306 g/mol. The number of nitrogens with zero attached hydrogens (tertiary/aromatic N) is 1. The number of aryl methyl sites for hydroxylation is 1. The minimum Gasteiger partial charge on any atom is -0.489 e. The summed E-state index contributed by atoms with van der Waals surface area (Å²) in [6.45, 7) is 0.368. The lowest BCUT2D eigenvalue weighted by Gasteiger charge is -2.08. The van der Waals surface area contributed by atoms with Crippen LogP contribution in [0.1, 0.15) is 17.5 Å². The molecule has 5 nitrogen and oxygen atoms in total. The average molecular weight is 320 g/mol. The molecule has 0 heterocycles. The Balaban J connectivity index is 2.13. The number of rotatable bonds is 7. The molecule has 2 rings (SSSR count). The van der Waals surface area contributed by atoms with Crippen molar-refractivity contribution in [3.05, 3.63) is 69.8 Å². The normalized spacial score (nSPS) is 10.2. The van der Waals surface area contributed by atoms with Gasteiger partial charge in [0, 0.05) is 18.1 Å². The van der Waals surface area contributed by atoms with Crippen molar-refractivity contribution in [2.45, 2.75) is 19.4 Å². The van der Waals surface area contributed by atoms with Crippen molar-refractivity contribution in [1.82, 2.24) is 0 Å². The highest BCUT2D eigenvalue weighted by Crippen LogP contribution is 2.26. The minimum absolute atomic E-state index is 0.0371. The Morgan fingerprint density at radius 2 is 1.91 bits per heavy atom. The lowest BCUT2D eigenvalue weighted by atomic mass is 10.1. The van der Waals surface area contributed by atoms with Crippen LogP contribution >= 0.6 is 11.6 Å². The maximum Gasteiger partial charge on any atom is 0.272 e. The summed E-state index contributed by atoms with van der Waals surface area (Å²) in [7, 11) is 0. The third-order valence-electron chi connectivity index (χ3n) is 3.09. The number of nitro groups is 1. The van der Waals surface area contributed by atoms with Crippen LogP contribution in [0, 0.1) is 10.1 Å². The molecule has 2 aromatic carbocycles. The Kier molecular flexibility index (Phi) is 5.49. The predicted molar refractivity (Wildman–Crippen MR) is 83.1 cm³/mol. The average Bonchev–Trinajstić information content (AvgIpc) is 2.51. The second kappa shape index (κ2) is 7.56. The second-order valence-corrected chi connectivity index (χ2v) is 5.10. The Morgan fingerprint density at radius 3 is 2.55 bits per heavy atom. The lowest BCUT2D eigenvalue weighted by molar-refractivity contribution is -0.385. The van der Waals surface area contributed by atoms with E-state index in [1.54, 1.807) is 12.1 Å². The van der Waals surface area contributed by atoms with Gasteiger partial charge in [-0.15, -0.1) is 0 Å². The van der Waals surface area contributed by atoms with E-state index in [1.165, 1.54) is 6.07 Å². The number of carbonyl (C=O) groups is 1. The molecule has 0 saturated carbocycles. The van der Waals surface area contributed by atoms with Crippen molar-refractivity contribution in [2.24, 2.45) is 0 Å². The van der Waals surface area contributed by atoms with Crippen molar-refractivity contribution >= 4 is 22.5 Å². The zero-order valence-corrected chi connectivity index (χ0v) is 12.5. The molecular formula is C16H14ClNO4. The van der Waals surface area contributed by atoms with E-state index < -0.39 is 10.2 Å². The van der Waals surface area contributed by atoms with Crippen LogP contribution in [0.5, 0.6) is 5.75 Å². The van der Waals surface area contributed by atoms with Gasteiger partial charge in [0.05, 0.1) is 4.92 Å². The summed E-state index contributed by atoms with van der Waals surface area (Å²) in [5.41, 5.74) is 1.40. The first-order valence-corrected chi connectivity index (χ1v) is 7.06. The van der Waals surface area contributed by atoms with E-state index in [4.69, 9.17) is 16.3 Å². The topological polar surface area (TPSA) is 69.4 Å². The van der Waals surface area contributed by atoms with Crippen LogP contribution < -0.4 is 4.74 Å². The van der Waals surface area contributed by atoms with Gasteiger partial charge in [-0.2, -0.15) is 0 Å². The first-order chi connectivity index (χ1) is 10.6. The number of carbonyl (C=O) groups excluding carboxylic acids is 1. The zero-order valence-electron chi connectivity index (χ0n) is 11.7. The summed E-state index contributed by atoms with van der Waals surface area (Å²) < 4.78 is 5.63. The first-order valence-electron chi connectivity index (χ1n) is 6.68. The SMILES string of the molecule is O=C(Cl)CCc1cc(OCc2ccccc2)ccc1[N+](=O)[O-]. The third kappa shape index (κ3) is 4.56. The molecule has 0 aliphatic heterocycles. The molecule has 0 aromatic heterocycles. The highest BCUT2D eigenvalue weighted by atomic mass is 35.5. The molecule has 0 saturated heterocycles. The van der Waals surface area contributed by atoms with E-state index >= 15 is 0 Å². The molecule has 0 aliphatic rings. The molecule has 0 aliphatic carbocycles. The fourth-order valence-corrected chi connectivity index (χ4v) is 2.10. The van der Waals surface area contributed by atoms with Gasteiger partial charge in [-0.3, -0.25) is 14.9 Å². The van der Waals surface area contributed by atoms with Crippen molar-refractivity contribution in [3.8, 4) is 5.75 Å². The summed E-state index contributed by atoms with van der Waals surface area (Å²) in [6, 6.07) is 14.1. The number of hydrogen-bond donors (Lipinski definition) is 0. The highest BCUT2D eigenvalue weighted by Gasteiger charge is 2.15. The van der Waals surface area contributed by atoms with Gasteiger partial charge in [0.1, 0.15) is 12.4 Å². The Morgan fingerprint density at radius 1 is 1.18 bits per heavy atom. The summed E-state index contributed by atoms with van der Waals surface area (Å²) in [5.74, 6) is 0.520. The van der Waals surface area contributed by atoms with Crippen LogP contribution in [-0.2, 0) is 17.8 Å². The smallest absolute Gasteiger partial charge is 0.272 e. The number of benzene rings is 2. The maximum atomic E-state index is 11.0. The number of halogens is 1. The summed E-state index contributed by atoms with van der Waals surface area (Å²) in [4.78, 5) is 21.4. The predicted octanol–water partition coefficient (Wildman–Crippen LogP) is 3.87. The Bertz CT molecular complexity index is 673. The molecule has 22 heavy (non-hydrogen) atoms. The molecule has 0 unspecified atom stereocenters. The molecule has 2 aromatic rings. The van der Waals surface area contributed by atoms with Gasteiger partial charge in [-0.05, 0) is 35.7 Å². The number of ether oxygens (including phenoxy) is 1. The van der Waals surface area contributed by atoms with Gasteiger partial charge in [0.25, 0.3) is 5.69 Å². The molecule has 0 spiro atoms. The van der Waals surface area contributed by atoms with Crippen molar-refractivity contribution in [1.29, 1.82) is 0 Å². The van der Waals surface area contributed by atoms with E-state index in [2.05, 4.69) is 0 Å². The molecule has 0 bridgehead atoms. The Hall–Kier alpha value is -2.40. The lowest BCUT2D eigenvalue weighted by Crippen LogP contribution is -2.00. The minimum atomic E-state index is -0.523. The molecule has 6 heteroatoms. The molecule has 0 amide bonds. The van der Waals surface area contributed by atoms with Gasteiger partial charge in [-0.1, -0.05) is 30.3 Å². The Labute approximate surface area is 132 Å². The van der Waals surface area contributed by atoms with Gasteiger partial charge >= 0.3 is 0 Å². The van der Waals surface area contributed by atoms with Crippen LogP contribution in [0.25, 0.3) is 0 Å². The van der Waals surface area contributed by atoms with Crippen molar-refractivity contribution in [2.75, 3.05) is 0 Å². The monoisotopic (exact) mass is 319 g/mol. The molecule has 0 N–H and O–H groups in total. The van der Waals surface area contributed by atoms with E-state index in [0.29, 0.717) is 17.9 Å². The maximum absolute atomic E-state index is 11.0. The van der Waals surface area contributed by atoms with E-state index in [9.17, 15) is 14.9 Å². The summed E-state index contributed by atoms with van der Waals surface area (Å²) in [5, 5.41) is 10.5. The quantitative estimate of drug-likeness (QED) is 0.441. The van der Waals surface area contributed by atoms with Crippen molar-refractivity contribution in [3.63, 3.8) is 0 Å². The molecule has 0 radical (unpaired) electrons. The second-order valence-electron chi connectivity index (χ2n) is 4.68. The molecule has 0 fully saturated rings. The van der Waals surface area contributed by atoms with Gasteiger partial charge < -0.3 is 4.74 Å². The standard InChI is InChI=1S/C16H14ClNO4/c17-16(19)9-6-13-10-14(7-8-15(13)18(20)21)22-11-12-4-2-1-3-5-12/h1-5,7-8,10H,6,9,11H2. The number of nitro benzene ring substituents is 1. The first kappa shape index (κ1) is 16.0. The fourth-order valence-electron chi connectivity index (χ4n) is 2.00. The van der Waals surface area contributed by atoms with Crippen LogP contribution in [0.15, 0.2) is 48.5 Å².